The number of anilines is 1. The van der Waals surface area contributed by atoms with E-state index in [0.717, 1.165) is 4.31 Å². The van der Waals surface area contributed by atoms with Crippen molar-refractivity contribution in [2.75, 3.05) is 11.9 Å². The fourth-order valence-electron chi connectivity index (χ4n) is 2.48. The summed E-state index contributed by atoms with van der Waals surface area (Å²) in [4.78, 5) is 22.1. The maximum absolute atomic E-state index is 12.6. The van der Waals surface area contributed by atoms with Crippen molar-refractivity contribution in [2.45, 2.75) is 37.1 Å². The molecule has 1 heterocycles. The van der Waals surface area contributed by atoms with E-state index in [2.05, 4.69) is 5.32 Å². The molecule has 1 atom stereocenters. The lowest BCUT2D eigenvalue weighted by Gasteiger charge is -2.35. The highest BCUT2D eigenvalue weighted by atomic mass is 32.2. The van der Waals surface area contributed by atoms with E-state index in [0.29, 0.717) is 18.5 Å². The Labute approximate surface area is 129 Å². The molecule has 8 heteroatoms. The molecule has 1 fully saturated rings. The van der Waals surface area contributed by atoms with Crippen LogP contribution in [-0.4, -0.2) is 37.2 Å². The molecule has 0 aromatic heterocycles. The lowest BCUT2D eigenvalue weighted by Crippen LogP contribution is -2.52. The highest BCUT2D eigenvalue weighted by Crippen LogP contribution is 2.26. The van der Waals surface area contributed by atoms with Crippen LogP contribution in [0.3, 0.4) is 0 Å². The molecule has 1 aliphatic rings. The van der Waals surface area contributed by atoms with Crippen LogP contribution in [0, 0.1) is 0 Å². The van der Waals surface area contributed by atoms with Crippen LogP contribution in [0.5, 0.6) is 0 Å². The van der Waals surface area contributed by atoms with Crippen molar-refractivity contribution in [3.63, 3.8) is 0 Å². The molecule has 120 valence electrons. The van der Waals surface area contributed by atoms with Crippen LogP contribution >= 0.6 is 0 Å². The van der Waals surface area contributed by atoms with Crippen LogP contribution < -0.4 is 10.4 Å². The van der Waals surface area contributed by atoms with Gasteiger partial charge in [-0.3, -0.25) is 4.79 Å². The van der Waals surface area contributed by atoms with Gasteiger partial charge in [0.1, 0.15) is 0 Å². The average Bonchev–Trinajstić information content (AvgIpc) is 2.47. The van der Waals surface area contributed by atoms with Gasteiger partial charge in [-0.25, -0.2) is 8.42 Å². The van der Waals surface area contributed by atoms with Crippen LogP contribution in [0.4, 0.5) is 5.69 Å². The summed E-state index contributed by atoms with van der Waals surface area (Å²) in [6, 6.07) is 4.50. The van der Waals surface area contributed by atoms with Crippen LogP contribution in [-0.2, 0) is 19.6 Å². The Morgan fingerprint density at radius 2 is 1.86 bits per heavy atom. The number of amides is 1. The molecule has 1 unspecified atom stereocenters. The Morgan fingerprint density at radius 3 is 2.41 bits per heavy atom. The maximum Gasteiger partial charge on any atom is 0.243 e. The minimum Gasteiger partial charge on any atom is -0.548 e. The molecule has 0 saturated carbocycles. The van der Waals surface area contributed by atoms with Gasteiger partial charge in [-0.05, 0) is 37.1 Å². The maximum atomic E-state index is 12.6. The third-order valence-corrected chi connectivity index (χ3v) is 5.43. The smallest absolute Gasteiger partial charge is 0.243 e. The summed E-state index contributed by atoms with van der Waals surface area (Å²) in [6.07, 6.45) is 1.53. The fraction of sp³-hybridized carbons (Fsp3) is 0.429. The number of carboxylic acid groups (broad SMARTS) is 1. The van der Waals surface area contributed by atoms with Gasteiger partial charge in [0.2, 0.25) is 15.9 Å². The molecule has 0 aliphatic carbocycles. The van der Waals surface area contributed by atoms with Gasteiger partial charge in [0.05, 0.1) is 16.9 Å². The largest absolute Gasteiger partial charge is 0.548 e. The van der Waals surface area contributed by atoms with Gasteiger partial charge in [-0.15, -0.1) is 0 Å². The van der Waals surface area contributed by atoms with E-state index in [4.69, 9.17) is 0 Å². The number of hydrogen-bond donors (Lipinski definition) is 1. The van der Waals surface area contributed by atoms with Crippen LogP contribution in [0.1, 0.15) is 26.2 Å². The van der Waals surface area contributed by atoms with Crippen LogP contribution in [0.25, 0.3) is 0 Å². The summed E-state index contributed by atoms with van der Waals surface area (Å²) in [5.41, 5.74) is 0.474. The van der Waals surface area contributed by atoms with Gasteiger partial charge < -0.3 is 15.2 Å². The van der Waals surface area contributed by atoms with Gasteiger partial charge in [-0.1, -0.05) is 6.42 Å². The molecule has 22 heavy (non-hydrogen) atoms. The zero-order chi connectivity index (χ0) is 16.3. The number of carboxylic acids is 1. The van der Waals surface area contributed by atoms with Gasteiger partial charge in [0, 0.05) is 19.2 Å². The highest BCUT2D eigenvalue weighted by Gasteiger charge is 2.34. The number of carbonyl (C=O) groups excluding carboxylic acids is 2. The summed E-state index contributed by atoms with van der Waals surface area (Å²) in [5, 5.41) is 13.7. The van der Waals surface area contributed by atoms with E-state index in [-0.39, 0.29) is 23.8 Å². The average molecular weight is 325 g/mol. The minimum atomic E-state index is -3.90. The van der Waals surface area contributed by atoms with E-state index < -0.39 is 22.0 Å². The third kappa shape index (κ3) is 3.45. The number of carbonyl (C=O) groups is 2. The van der Waals surface area contributed by atoms with E-state index in [1.54, 1.807) is 0 Å². The van der Waals surface area contributed by atoms with Crippen molar-refractivity contribution in [3.8, 4) is 0 Å². The Morgan fingerprint density at radius 1 is 1.23 bits per heavy atom. The first-order chi connectivity index (χ1) is 10.3. The number of nitrogens with zero attached hydrogens (tertiary/aromatic N) is 1. The molecule has 1 saturated heterocycles. The summed E-state index contributed by atoms with van der Waals surface area (Å²) in [5.74, 6) is -1.64. The molecule has 0 radical (unpaired) electrons. The Hall–Kier alpha value is -1.93. The van der Waals surface area contributed by atoms with Crippen molar-refractivity contribution < 1.29 is 23.1 Å². The SMILES string of the molecule is CC(=O)Nc1ccc(S(=O)(=O)N2CCCCC2C(=O)[O-])cc1. The number of rotatable bonds is 4. The van der Waals surface area contributed by atoms with Gasteiger partial charge in [0.25, 0.3) is 0 Å². The summed E-state index contributed by atoms with van der Waals surface area (Å²) in [6.45, 7) is 1.51. The second-order valence-corrected chi connectivity index (χ2v) is 7.04. The van der Waals surface area contributed by atoms with Crippen molar-refractivity contribution in [2.24, 2.45) is 0 Å². The lowest BCUT2D eigenvalue weighted by molar-refractivity contribution is -0.311. The first kappa shape index (κ1) is 16.4. The number of sulfonamides is 1. The molecule has 0 spiro atoms. The Balaban J connectivity index is 2.28. The summed E-state index contributed by atoms with van der Waals surface area (Å²) >= 11 is 0. The quantitative estimate of drug-likeness (QED) is 0.834. The first-order valence-electron chi connectivity index (χ1n) is 6.93. The predicted octanol–water partition coefficient (Wildman–Crippen LogP) is -0.0619. The highest BCUT2D eigenvalue weighted by molar-refractivity contribution is 7.89. The third-order valence-electron chi connectivity index (χ3n) is 3.51. The number of hydrogen-bond acceptors (Lipinski definition) is 5. The molecular formula is C14H17N2O5S-. The monoisotopic (exact) mass is 325 g/mol. The van der Waals surface area contributed by atoms with Crippen molar-refractivity contribution in [1.29, 1.82) is 0 Å². The zero-order valence-electron chi connectivity index (χ0n) is 12.1. The van der Waals surface area contributed by atoms with Crippen LogP contribution in [0.15, 0.2) is 29.2 Å². The summed E-state index contributed by atoms with van der Waals surface area (Å²) < 4.78 is 26.2. The van der Waals surface area contributed by atoms with E-state index in [1.807, 2.05) is 0 Å². The topological polar surface area (TPSA) is 107 Å². The number of benzene rings is 1. The van der Waals surface area contributed by atoms with Gasteiger partial charge in [-0.2, -0.15) is 4.31 Å². The molecule has 1 aromatic rings. The number of aliphatic carboxylic acids is 1. The predicted molar refractivity (Wildman–Crippen MR) is 77.3 cm³/mol. The van der Waals surface area contributed by atoms with Gasteiger partial charge in [0.15, 0.2) is 0 Å². The molecule has 0 bridgehead atoms. The van der Waals surface area contributed by atoms with E-state index in [9.17, 15) is 23.1 Å². The molecule has 7 nitrogen and oxygen atoms in total. The zero-order valence-corrected chi connectivity index (χ0v) is 12.9. The summed E-state index contributed by atoms with van der Waals surface area (Å²) in [7, 11) is -3.90. The standard InChI is InChI=1S/C14H18N2O5S/c1-10(17)15-11-5-7-12(8-6-11)22(20,21)16-9-3-2-4-13(16)14(18)19/h5-8,13H,2-4,9H2,1H3,(H,15,17)(H,18,19)/p-1. The molecule has 1 N–H and O–H groups in total. The lowest BCUT2D eigenvalue weighted by atomic mass is 10.1. The number of piperidine rings is 1. The molecule has 2 rings (SSSR count). The molecule has 1 aromatic carbocycles. The van der Waals surface area contributed by atoms with Crippen molar-refractivity contribution in [3.05, 3.63) is 24.3 Å². The molecular weight excluding hydrogens is 308 g/mol. The van der Waals surface area contributed by atoms with Crippen molar-refractivity contribution >= 4 is 27.6 Å². The fourth-order valence-corrected chi connectivity index (χ4v) is 4.12. The Bertz CT molecular complexity index is 669. The van der Waals surface area contributed by atoms with Gasteiger partial charge >= 0.3 is 0 Å². The van der Waals surface area contributed by atoms with Crippen molar-refractivity contribution in [1.82, 2.24) is 4.31 Å². The molecule has 1 amide bonds. The normalized spacial score (nSPS) is 19.6. The second kappa shape index (κ2) is 6.45. The minimum absolute atomic E-state index is 0.00486. The Kier molecular flexibility index (Phi) is 4.82. The van der Waals surface area contributed by atoms with E-state index >= 15 is 0 Å². The first-order valence-corrected chi connectivity index (χ1v) is 8.37. The number of nitrogens with one attached hydrogen (secondary N) is 1. The van der Waals surface area contributed by atoms with Crippen LogP contribution in [0.2, 0.25) is 0 Å². The van der Waals surface area contributed by atoms with E-state index in [1.165, 1.54) is 31.2 Å². The second-order valence-electron chi connectivity index (χ2n) is 5.15. The molecule has 1 aliphatic heterocycles.